The molecule has 21 heavy (non-hydrogen) atoms. The Morgan fingerprint density at radius 3 is 2.62 bits per heavy atom. The predicted molar refractivity (Wildman–Crippen MR) is 84.7 cm³/mol. The number of piperidine rings is 1. The van der Waals surface area contributed by atoms with Crippen molar-refractivity contribution >= 4 is 10.0 Å². The molecule has 0 aliphatic carbocycles. The second-order valence-electron chi connectivity index (χ2n) is 5.73. The zero-order chi connectivity index (χ0) is 15.5. The number of benzene rings is 1. The minimum absolute atomic E-state index is 0.0964. The standard InChI is InChI=1S/C15H25N3O2S/c1-16-12-13-5-4-6-15(11-13)21(19,20)18(3)14-7-9-17(2)10-8-14/h4-6,11,14,16H,7-10,12H2,1-3H3. The van der Waals surface area contributed by atoms with Gasteiger partial charge in [0.25, 0.3) is 0 Å². The summed E-state index contributed by atoms with van der Waals surface area (Å²) < 4.78 is 27.1. The molecule has 0 bridgehead atoms. The maximum absolute atomic E-state index is 12.8. The fraction of sp³-hybridized carbons (Fsp3) is 0.600. The van der Waals surface area contributed by atoms with Gasteiger partial charge in [0, 0.05) is 19.6 Å². The molecule has 5 nitrogen and oxygen atoms in total. The minimum Gasteiger partial charge on any atom is -0.316 e. The second-order valence-corrected chi connectivity index (χ2v) is 7.73. The van der Waals surface area contributed by atoms with Crippen LogP contribution < -0.4 is 5.32 Å². The molecule has 0 unspecified atom stereocenters. The van der Waals surface area contributed by atoms with Crippen molar-refractivity contribution in [3.63, 3.8) is 0 Å². The third-order valence-corrected chi connectivity index (χ3v) is 6.06. The molecule has 1 fully saturated rings. The summed E-state index contributed by atoms with van der Waals surface area (Å²) in [5, 5.41) is 3.05. The summed E-state index contributed by atoms with van der Waals surface area (Å²) in [6.07, 6.45) is 1.78. The van der Waals surface area contributed by atoms with Gasteiger partial charge in [0.2, 0.25) is 10.0 Å². The zero-order valence-electron chi connectivity index (χ0n) is 13.0. The summed E-state index contributed by atoms with van der Waals surface area (Å²) in [6, 6.07) is 7.28. The molecule has 0 saturated carbocycles. The maximum atomic E-state index is 12.8. The van der Waals surface area contributed by atoms with Crippen molar-refractivity contribution in [1.29, 1.82) is 0 Å². The average molecular weight is 311 g/mol. The van der Waals surface area contributed by atoms with Gasteiger partial charge in [0.05, 0.1) is 4.90 Å². The number of rotatable bonds is 5. The Kier molecular flexibility index (Phi) is 5.37. The normalized spacial score (nSPS) is 18.3. The van der Waals surface area contributed by atoms with Gasteiger partial charge in [-0.25, -0.2) is 8.42 Å². The molecule has 1 aromatic carbocycles. The molecule has 1 N–H and O–H groups in total. The van der Waals surface area contributed by atoms with Gasteiger partial charge in [0.15, 0.2) is 0 Å². The van der Waals surface area contributed by atoms with E-state index < -0.39 is 10.0 Å². The van der Waals surface area contributed by atoms with Gasteiger partial charge in [-0.3, -0.25) is 0 Å². The molecular weight excluding hydrogens is 286 g/mol. The van der Waals surface area contributed by atoms with Gasteiger partial charge >= 0.3 is 0 Å². The lowest BCUT2D eigenvalue weighted by Crippen LogP contribution is -2.44. The van der Waals surface area contributed by atoms with Gasteiger partial charge in [-0.1, -0.05) is 12.1 Å². The monoisotopic (exact) mass is 311 g/mol. The van der Waals surface area contributed by atoms with E-state index in [2.05, 4.69) is 17.3 Å². The van der Waals surface area contributed by atoms with E-state index in [1.165, 1.54) is 0 Å². The van der Waals surface area contributed by atoms with Crippen LogP contribution >= 0.6 is 0 Å². The van der Waals surface area contributed by atoms with Gasteiger partial charge < -0.3 is 10.2 Å². The van der Waals surface area contributed by atoms with Crippen molar-refractivity contribution in [2.75, 3.05) is 34.2 Å². The molecule has 1 aliphatic heterocycles. The van der Waals surface area contributed by atoms with Crippen LogP contribution in [0.2, 0.25) is 0 Å². The summed E-state index contributed by atoms with van der Waals surface area (Å²) >= 11 is 0. The fourth-order valence-corrected chi connectivity index (χ4v) is 4.23. The number of nitrogens with one attached hydrogen (secondary N) is 1. The Labute approximate surface area is 128 Å². The van der Waals surface area contributed by atoms with Gasteiger partial charge in [-0.2, -0.15) is 4.31 Å². The molecule has 0 spiro atoms. The van der Waals surface area contributed by atoms with Crippen molar-refractivity contribution in [1.82, 2.24) is 14.5 Å². The Bertz CT molecular complexity index is 566. The fourth-order valence-electron chi connectivity index (χ4n) is 2.74. The molecule has 0 atom stereocenters. The molecule has 1 heterocycles. The molecular formula is C15H25N3O2S. The van der Waals surface area contributed by atoms with Crippen LogP contribution in [-0.4, -0.2) is 57.9 Å². The Balaban J connectivity index is 2.18. The van der Waals surface area contributed by atoms with E-state index in [-0.39, 0.29) is 6.04 Å². The van der Waals surface area contributed by atoms with Crippen LogP contribution in [0.4, 0.5) is 0 Å². The molecule has 2 rings (SSSR count). The van der Waals surface area contributed by atoms with Crippen LogP contribution in [0.25, 0.3) is 0 Å². The molecule has 0 aromatic heterocycles. The Morgan fingerprint density at radius 2 is 2.00 bits per heavy atom. The van der Waals surface area contributed by atoms with Gasteiger partial charge in [-0.05, 0) is 57.7 Å². The Hall–Kier alpha value is -0.950. The van der Waals surface area contributed by atoms with Crippen molar-refractivity contribution in [3.05, 3.63) is 29.8 Å². The van der Waals surface area contributed by atoms with Crippen LogP contribution in [0.1, 0.15) is 18.4 Å². The molecule has 1 saturated heterocycles. The van der Waals surface area contributed by atoms with Gasteiger partial charge in [0.1, 0.15) is 0 Å². The third kappa shape index (κ3) is 3.83. The molecule has 6 heteroatoms. The number of nitrogens with zero attached hydrogens (tertiary/aromatic N) is 2. The molecule has 0 amide bonds. The summed E-state index contributed by atoms with van der Waals surface area (Å²) in [5.74, 6) is 0. The first-order valence-electron chi connectivity index (χ1n) is 7.35. The van der Waals surface area contributed by atoms with Crippen molar-refractivity contribution in [2.45, 2.75) is 30.3 Å². The van der Waals surface area contributed by atoms with Crippen molar-refractivity contribution < 1.29 is 8.42 Å². The maximum Gasteiger partial charge on any atom is 0.243 e. The van der Waals surface area contributed by atoms with Crippen LogP contribution in [0.5, 0.6) is 0 Å². The van der Waals surface area contributed by atoms with Crippen LogP contribution in [0, 0.1) is 0 Å². The van der Waals surface area contributed by atoms with E-state index in [1.54, 1.807) is 23.5 Å². The van der Waals surface area contributed by atoms with Gasteiger partial charge in [-0.15, -0.1) is 0 Å². The second kappa shape index (κ2) is 6.87. The number of likely N-dealkylation sites (tertiary alicyclic amines) is 1. The number of hydrogen-bond acceptors (Lipinski definition) is 4. The van der Waals surface area contributed by atoms with E-state index in [4.69, 9.17) is 0 Å². The van der Waals surface area contributed by atoms with E-state index in [0.29, 0.717) is 11.4 Å². The highest BCUT2D eigenvalue weighted by atomic mass is 32.2. The minimum atomic E-state index is -3.41. The molecule has 1 aliphatic rings. The van der Waals surface area contributed by atoms with E-state index in [9.17, 15) is 8.42 Å². The highest BCUT2D eigenvalue weighted by molar-refractivity contribution is 7.89. The van der Waals surface area contributed by atoms with Crippen LogP contribution in [0.3, 0.4) is 0 Å². The zero-order valence-corrected chi connectivity index (χ0v) is 13.9. The predicted octanol–water partition coefficient (Wildman–Crippen LogP) is 1.12. The molecule has 1 aromatic rings. The summed E-state index contributed by atoms with van der Waals surface area (Å²) in [4.78, 5) is 2.63. The SMILES string of the molecule is CNCc1cccc(S(=O)(=O)N(C)C2CCN(C)CC2)c1. The highest BCUT2D eigenvalue weighted by Gasteiger charge is 2.30. The van der Waals surface area contributed by atoms with E-state index in [1.807, 2.05) is 19.2 Å². The highest BCUT2D eigenvalue weighted by Crippen LogP contribution is 2.22. The lowest BCUT2D eigenvalue weighted by molar-refractivity contribution is 0.197. The smallest absolute Gasteiger partial charge is 0.243 e. The number of sulfonamides is 1. The quantitative estimate of drug-likeness (QED) is 0.885. The third-order valence-electron chi connectivity index (χ3n) is 4.16. The van der Waals surface area contributed by atoms with Crippen LogP contribution in [0.15, 0.2) is 29.2 Å². The molecule has 118 valence electrons. The van der Waals surface area contributed by atoms with E-state index in [0.717, 1.165) is 31.5 Å². The molecule has 0 radical (unpaired) electrons. The summed E-state index contributed by atoms with van der Waals surface area (Å²) in [6.45, 7) is 2.57. The largest absolute Gasteiger partial charge is 0.316 e. The number of hydrogen-bond donors (Lipinski definition) is 1. The lowest BCUT2D eigenvalue weighted by Gasteiger charge is -2.34. The Morgan fingerprint density at radius 1 is 1.33 bits per heavy atom. The van der Waals surface area contributed by atoms with E-state index >= 15 is 0 Å². The average Bonchev–Trinajstić information content (AvgIpc) is 2.48. The van der Waals surface area contributed by atoms with Crippen LogP contribution in [-0.2, 0) is 16.6 Å². The van der Waals surface area contributed by atoms with Crippen molar-refractivity contribution in [2.24, 2.45) is 0 Å². The lowest BCUT2D eigenvalue weighted by atomic mass is 10.1. The first kappa shape index (κ1) is 16.4. The summed E-state index contributed by atoms with van der Waals surface area (Å²) in [7, 11) is 2.22. The first-order valence-corrected chi connectivity index (χ1v) is 8.79. The van der Waals surface area contributed by atoms with Crippen molar-refractivity contribution in [3.8, 4) is 0 Å². The first-order chi connectivity index (χ1) is 9.95. The summed E-state index contributed by atoms with van der Waals surface area (Å²) in [5.41, 5.74) is 0.982. The topological polar surface area (TPSA) is 52.7 Å².